The molecule has 2 aromatic heterocycles. The van der Waals surface area contributed by atoms with Crippen LogP contribution in [0.4, 0.5) is 5.95 Å². The molecule has 1 atom stereocenters. The van der Waals surface area contributed by atoms with Gasteiger partial charge < -0.3 is 19.7 Å². The molecule has 0 radical (unpaired) electrons. The van der Waals surface area contributed by atoms with Crippen LogP contribution in [0.5, 0.6) is 0 Å². The van der Waals surface area contributed by atoms with Crippen LogP contribution in [0.2, 0.25) is 0 Å². The van der Waals surface area contributed by atoms with Crippen molar-refractivity contribution < 1.29 is 18.3 Å². The zero-order chi connectivity index (χ0) is 26.0. The van der Waals surface area contributed by atoms with Gasteiger partial charge in [-0.1, -0.05) is 13.3 Å². The number of nitrogens with zero attached hydrogens (tertiary/aromatic N) is 4. The van der Waals surface area contributed by atoms with Crippen molar-refractivity contribution in [3.8, 4) is 0 Å². The van der Waals surface area contributed by atoms with Crippen molar-refractivity contribution in [1.82, 2.24) is 18.8 Å². The summed E-state index contributed by atoms with van der Waals surface area (Å²) in [6, 6.07) is 0.613. The van der Waals surface area contributed by atoms with Gasteiger partial charge in [0.2, 0.25) is 16.0 Å². The fourth-order valence-corrected chi connectivity index (χ4v) is 8.32. The maximum Gasteiger partial charge on any atom is 0.224 e. The topological polar surface area (TPSA) is 110 Å². The maximum absolute atomic E-state index is 13.2. The smallest absolute Gasteiger partial charge is 0.224 e. The summed E-state index contributed by atoms with van der Waals surface area (Å²) in [5.74, 6) is 0.938. The first-order valence-electron chi connectivity index (χ1n) is 14.3. The van der Waals surface area contributed by atoms with Crippen molar-refractivity contribution in [1.29, 1.82) is 0 Å². The molecule has 37 heavy (non-hydrogen) atoms. The molecule has 1 aliphatic carbocycles. The second kappa shape index (κ2) is 11.6. The minimum atomic E-state index is -3.28. The van der Waals surface area contributed by atoms with E-state index in [4.69, 9.17) is 9.72 Å². The van der Waals surface area contributed by atoms with Crippen LogP contribution in [0.3, 0.4) is 0 Å². The zero-order valence-corrected chi connectivity index (χ0v) is 23.1. The van der Waals surface area contributed by atoms with Gasteiger partial charge in [-0.25, -0.2) is 17.7 Å². The Labute approximate surface area is 221 Å². The van der Waals surface area contributed by atoms with E-state index in [9.17, 15) is 13.5 Å². The van der Waals surface area contributed by atoms with Gasteiger partial charge in [0.1, 0.15) is 5.65 Å². The fraction of sp³-hybridized carbons (Fsp3) is 0.778. The molecule has 2 aliphatic heterocycles. The number of nitrogens with one attached hydrogen (secondary N) is 1. The lowest BCUT2D eigenvalue weighted by Crippen LogP contribution is -2.44. The van der Waals surface area contributed by atoms with E-state index in [0.29, 0.717) is 57.2 Å². The summed E-state index contributed by atoms with van der Waals surface area (Å²) < 4.78 is 35.9. The number of hydrogen-bond donors (Lipinski definition) is 2. The molecule has 2 aromatic rings. The van der Waals surface area contributed by atoms with E-state index < -0.39 is 10.0 Å². The van der Waals surface area contributed by atoms with Crippen LogP contribution in [0, 0.1) is 0 Å². The molecule has 10 heteroatoms. The molecule has 9 nitrogen and oxygen atoms in total. The lowest BCUT2D eigenvalue weighted by Gasteiger charge is -2.34. The largest absolute Gasteiger partial charge is 0.393 e. The van der Waals surface area contributed by atoms with Crippen LogP contribution in [0.1, 0.15) is 95.6 Å². The monoisotopic (exact) mass is 533 g/mol. The molecular formula is C27H43N5O4S. The molecule has 0 bridgehead atoms. The molecule has 3 fully saturated rings. The number of aliphatic hydroxyl groups excluding tert-OH is 1. The highest BCUT2D eigenvalue weighted by Gasteiger charge is 2.36. The van der Waals surface area contributed by atoms with E-state index in [-0.39, 0.29) is 17.3 Å². The summed E-state index contributed by atoms with van der Waals surface area (Å²) in [6.45, 7) is 6.52. The number of hydrogen-bond acceptors (Lipinski definition) is 7. The fourth-order valence-electron chi connectivity index (χ4n) is 6.39. The lowest BCUT2D eigenvalue weighted by atomic mass is 9.90. The summed E-state index contributed by atoms with van der Waals surface area (Å²) in [6.07, 6.45) is 12.5. The Morgan fingerprint density at radius 3 is 2.49 bits per heavy atom. The van der Waals surface area contributed by atoms with Gasteiger partial charge in [-0.2, -0.15) is 4.98 Å². The van der Waals surface area contributed by atoms with Gasteiger partial charge in [0.25, 0.3) is 0 Å². The molecule has 3 aliphatic rings. The van der Waals surface area contributed by atoms with Gasteiger partial charge in [0.05, 0.1) is 11.4 Å². The van der Waals surface area contributed by atoms with E-state index in [1.54, 1.807) is 4.31 Å². The maximum atomic E-state index is 13.2. The Kier molecular flexibility index (Phi) is 8.38. The first-order valence-corrected chi connectivity index (χ1v) is 15.8. The average Bonchev–Trinajstić information content (AvgIpc) is 3.28. The molecule has 0 amide bonds. The Bertz CT molecular complexity index is 1150. The third kappa shape index (κ3) is 5.82. The third-order valence-electron chi connectivity index (χ3n) is 8.60. The number of sulfonamides is 1. The molecule has 1 saturated carbocycles. The molecule has 0 aromatic carbocycles. The van der Waals surface area contributed by atoms with Crippen LogP contribution in [0.25, 0.3) is 11.0 Å². The number of aromatic nitrogens is 3. The molecule has 2 saturated heterocycles. The van der Waals surface area contributed by atoms with Crippen LogP contribution in [-0.2, 0) is 14.8 Å². The number of anilines is 1. The van der Waals surface area contributed by atoms with Crippen LogP contribution in [0.15, 0.2) is 12.4 Å². The van der Waals surface area contributed by atoms with Crippen molar-refractivity contribution in [2.75, 3.05) is 31.6 Å². The number of fused-ring (bicyclic) bond motifs is 1. The number of ether oxygens (including phenoxy) is 1. The van der Waals surface area contributed by atoms with Crippen molar-refractivity contribution in [3.05, 3.63) is 18.0 Å². The van der Waals surface area contributed by atoms with E-state index >= 15 is 0 Å². The van der Waals surface area contributed by atoms with E-state index in [1.165, 1.54) is 5.56 Å². The normalized spacial score (nSPS) is 25.9. The minimum Gasteiger partial charge on any atom is -0.393 e. The van der Waals surface area contributed by atoms with Crippen LogP contribution in [-0.4, -0.2) is 76.1 Å². The second-order valence-corrected chi connectivity index (χ2v) is 13.5. The van der Waals surface area contributed by atoms with Crippen molar-refractivity contribution in [2.24, 2.45) is 0 Å². The first-order chi connectivity index (χ1) is 17.9. The van der Waals surface area contributed by atoms with Crippen LogP contribution < -0.4 is 5.32 Å². The number of piperidine rings is 1. The lowest BCUT2D eigenvalue weighted by molar-refractivity contribution is 0.0969. The predicted octanol–water partition coefficient (Wildman–Crippen LogP) is 4.20. The predicted molar refractivity (Wildman–Crippen MR) is 145 cm³/mol. The van der Waals surface area contributed by atoms with Gasteiger partial charge in [-0.05, 0) is 76.2 Å². The summed E-state index contributed by atoms with van der Waals surface area (Å²) in [5, 5.41) is 14.3. The molecule has 4 heterocycles. The van der Waals surface area contributed by atoms with E-state index in [2.05, 4.69) is 34.9 Å². The minimum absolute atomic E-state index is 0.207. The van der Waals surface area contributed by atoms with Gasteiger partial charge in [0, 0.05) is 56.2 Å². The molecule has 0 spiro atoms. The summed E-state index contributed by atoms with van der Waals surface area (Å²) in [7, 11) is -3.28. The Morgan fingerprint density at radius 1 is 1.11 bits per heavy atom. The Balaban J connectivity index is 1.38. The standard InChI is InChI=1S/C27H43N5O4S/c1-3-4-19(2)29-27-28-17-24-25(18-32(26(24)30-27)21-5-7-22(33)8-6-21)20-9-13-31(14-10-20)37(34,35)23-11-15-36-16-12-23/h17-23,33H,3-16H2,1-2H3,(H,28,29,30). The molecule has 206 valence electrons. The van der Waals surface area contributed by atoms with E-state index in [0.717, 1.165) is 62.4 Å². The van der Waals surface area contributed by atoms with E-state index in [1.807, 2.05) is 6.20 Å². The summed E-state index contributed by atoms with van der Waals surface area (Å²) in [5.41, 5.74) is 2.19. The highest BCUT2D eigenvalue weighted by Crippen LogP contribution is 2.39. The molecular weight excluding hydrogens is 490 g/mol. The zero-order valence-electron chi connectivity index (χ0n) is 22.3. The quantitative estimate of drug-likeness (QED) is 0.523. The molecule has 2 N–H and O–H groups in total. The summed E-state index contributed by atoms with van der Waals surface area (Å²) in [4.78, 5) is 9.66. The first kappa shape index (κ1) is 26.8. The molecule has 5 rings (SSSR count). The average molecular weight is 534 g/mol. The summed E-state index contributed by atoms with van der Waals surface area (Å²) >= 11 is 0. The third-order valence-corrected chi connectivity index (χ3v) is 11.0. The number of aliphatic hydroxyl groups is 1. The van der Waals surface area contributed by atoms with Gasteiger partial charge >= 0.3 is 0 Å². The van der Waals surface area contributed by atoms with Crippen LogP contribution >= 0.6 is 0 Å². The van der Waals surface area contributed by atoms with Crippen molar-refractivity contribution in [3.63, 3.8) is 0 Å². The van der Waals surface area contributed by atoms with Gasteiger partial charge in [-0.3, -0.25) is 0 Å². The number of rotatable bonds is 8. The second-order valence-electron chi connectivity index (χ2n) is 11.2. The van der Waals surface area contributed by atoms with Crippen molar-refractivity contribution in [2.45, 2.75) is 107 Å². The van der Waals surface area contributed by atoms with Crippen molar-refractivity contribution >= 4 is 27.0 Å². The SMILES string of the molecule is CCCC(C)Nc1ncc2c(C3CCN(S(=O)(=O)C4CCOCC4)CC3)cn(C3CCC(O)CC3)c2n1. The Morgan fingerprint density at radius 2 is 1.81 bits per heavy atom. The van der Waals surface area contributed by atoms with Gasteiger partial charge in [-0.15, -0.1) is 0 Å². The van der Waals surface area contributed by atoms with Gasteiger partial charge in [0.15, 0.2) is 0 Å². The molecule has 1 unspecified atom stereocenters. The Hall–Kier alpha value is -1.75. The highest BCUT2D eigenvalue weighted by molar-refractivity contribution is 7.89. The highest BCUT2D eigenvalue weighted by atomic mass is 32.2.